The number of nitrogens with zero attached hydrogens (tertiary/aromatic N) is 3. The largest absolute Gasteiger partial charge is 0.289 e. The topological polar surface area (TPSA) is 97.5 Å². The van der Waals surface area contributed by atoms with Gasteiger partial charge in [0.25, 0.3) is 11.6 Å². The summed E-state index contributed by atoms with van der Waals surface area (Å²) in [6.45, 7) is 0. The van der Waals surface area contributed by atoms with Crippen molar-refractivity contribution >= 4 is 17.8 Å². The smallest absolute Gasteiger partial charge is 0.266 e. The van der Waals surface area contributed by atoms with Gasteiger partial charge in [-0.05, 0) is 23.8 Å². The SMILES string of the molecule is O=C(NN=Cc1ccc(F)cc1)c1ccc([N+](=O)[O-])cn1. The maximum Gasteiger partial charge on any atom is 0.289 e. The first kappa shape index (κ1) is 14.3. The van der Waals surface area contributed by atoms with Crippen molar-refractivity contribution in [2.45, 2.75) is 0 Å². The van der Waals surface area contributed by atoms with Crippen LogP contribution in [0.25, 0.3) is 0 Å². The number of benzene rings is 1. The van der Waals surface area contributed by atoms with Gasteiger partial charge in [0.15, 0.2) is 0 Å². The molecule has 1 N–H and O–H groups in total. The Morgan fingerprint density at radius 3 is 2.57 bits per heavy atom. The monoisotopic (exact) mass is 288 g/mol. The molecule has 106 valence electrons. The number of carbonyl (C=O) groups is 1. The third-order valence-electron chi connectivity index (χ3n) is 2.44. The number of pyridine rings is 1. The molecule has 1 heterocycles. The molecular formula is C13H9FN4O3. The number of nitrogens with one attached hydrogen (secondary N) is 1. The summed E-state index contributed by atoms with van der Waals surface area (Å²) in [6.07, 6.45) is 2.32. The van der Waals surface area contributed by atoms with Crippen molar-refractivity contribution in [2.24, 2.45) is 5.10 Å². The first-order chi connectivity index (χ1) is 10.1. The van der Waals surface area contributed by atoms with Gasteiger partial charge >= 0.3 is 0 Å². The lowest BCUT2D eigenvalue weighted by atomic mass is 10.2. The Hall–Kier alpha value is -3.16. The Bertz CT molecular complexity index is 684. The van der Waals surface area contributed by atoms with Crippen molar-refractivity contribution in [1.29, 1.82) is 0 Å². The Kier molecular flexibility index (Phi) is 4.30. The average Bonchev–Trinajstić information content (AvgIpc) is 2.49. The molecule has 0 spiro atoms. The van der Waals surface area contributed by atoms with E-state index in [-0.39, 0.29) is 17.2 Å². The van der Waals surface area contributed by atoms with Crippen molar-refractivity contribution in [3.05, 3.63) is 69.8 Å². The van der Waals surface area contributed by atoms with Crippen LogP contribution >= 0.6 is 0 Å². The maximum absolute atomic E-state index is 12.7. The second-order valence-electron chi connectivity index (χ2n) is 3.91. The number of hydrogen-bond donors (Lipinski definition) is 1. The minimum Gasteiger partial charge on any atom is -0.266 e. The van der Waals surface area contributed by atoms with Gasteiger partial charge in [-0.25, -0.2) is 14.8 Å². The molecule has 2 aromatic rings. The maximum atomic E-state index is 12.7. The Morgan fingerprint density at radius 1 is 1.29 bits per heavy atom. The van der Waals surface area contributed by atoms with Crippen LogP contribution in [-0.2, 0) is 0 Å². The van der Waals surface area contributed by atoms with E-state index in [1.807, 2.05) is 0 Å². The first-order valence-corrected chi connectivity index (χ1v) is 5.75. The summed E-state index contributed by atoms with van der Waals surface area (Å²) in [5, 5.41) is 14.1. The van der Waals surface area contributed by atoms with Gasteiger partial charge in [0.2, 0.25) is 0 Å². The highest BCUT2D eigenvalue weighted by molar-refractivity contribution is 5.93. The van der Waals surface area contributed by atoms with Crippen LogP contribution < -0.4 is 5.43 Å². The zero-order chi connectivity index (χ0) is 15.2. The molecule has 8 heteroatoms. The fraction of sp³-hybridized carbons (Fsp3) is 0. The van der Waals surface area contributed by atoms with Crippen LogP contribution in [0.4, 0.5) is 10.1 Å². The lowest BCUT2D eigenvalue weighted by Crippen LogP contribution is -2.18. The molecule has 1 aromatic heterocycles. The third-order valence-corrected chi connectivity index (χ3v) is 2.44. The van der Waals surface area contributed by atoms with E-state index in [9.17, 15) is 19.3 Å². The molecule has 0 atom stereocenters. The standard InChI is InChI=1S/C13H9FN4O3/c14-10-3-1-9(2-4-10)7-16-17-13(19)12-6-5-11(8-15-12)18(20)21/h1-8H,(H,17,19). The summed E-state index contributed by atoms with van der Waals surface area (Å²) < 4.78 is 12.7. The normalized spacial score (nSPS) is 10.5. The molecule has 2 rings (SSSR count). The van der Waals surface area contributed by atoms with E-state index in [2.05, 4.69) is 15.5 Å². The molecule has 0 aliphatic rings. The lowest BCUT2D eigenvalue weighted by molar-refractivity contribution is -0.385. The summed E-state index contributed by atoms with van der Waals surface area (Å²) >= 11 is 0. The molecular weight excluding hydrogens is 279 g/mol. The van der Waals surface area contributed by atoms with Crippen LogP contribution in [0.15, 0.2) is 47.7 Å². The fourth-order valence-corrected chi connectivity index (χ4v) is 1.40. The van der Waals surface area contributed by atoms with E-state index in [4.69, 9.17) is 0 Å². The molecule has 7 nitrogen and oxygen atoms in total. The molecule has 0 saturated carbocycles. The van der Waals surface area contributed by atoms with Crippen LogP contribution in [0.5, 0.6) is 0 Å². The number of carbonyl (C=O) groups excluding carboxylic acids is 1. The van der Waals surface area contributed by atoms with Crippen molar-refractivity contribution in [1.82, 2.24) is 10.4 Å². The second kappa shape index (κ2) is 6.33. The average molecular weight is 288 g/mol. The molecule has 1 aromatic carbocycles. The van der Waals surface area contributed by atoms with Gasteiger partial charge in [-0.3, -0.25) is 14.9 Å². The van der Waals surface area contributed by atoms with E-state index < -0.39 is 10.8 Å². The van der Waals surface area contributed by atoms with Crippen molar-refractivity contribution < 1.29 is 14.1 Å². The van der Waals surface area contributed by atoms with Gasteiger partial charge in [0.05, 0.1) is 11.1 Å². The van der Waals surface area contributed by atoms with Crippen LogP contribution in [0.2, 0.25) is 0 Å². The van der Waals surface area contributed by atoms with Gasteiger partial charge in [-0.15, -0.1) is 0 Å². The van der Waals surface area contributed by atoms with Crippen LogP contribution in [0.3, 0.4) is 0 Å². The summed E-state index contributed by atoms with van der Waals surface area (Å²) in [5.74, 6) is -0.977. The number of halogens is 1. The molecule has 0 aliphatic carbocycles. The van der Waals surface area contributed by atoms with Gasteiger partial charge in [-0.2, -0.15) is 5.10 Å². The highest BCUT2D eigenvalue weighted by atomic mass is 19.1. The molecule has 0 saturated heterocycles. The van der Waals surface area contributed by atoms with Gasteiger partial charge in [0.1, 0.15) is 17.7 Å². The summed E-state index contributed by atoms with van der Waals surface area (Å²) in [5.41, 5.74) is 2.61. The van der Waals surface area contributed by atoms with Crippen LogP contribution in [0.1, 0.15) is 16.1 Å². The fourth-order valence-electron chi connectivity index (χ4n) is 1.40. The lowest BCUT2D eigenvalue weighted by Gasteiger charge is -1.98. The van der Waals surface area contributed by atoms with Gasteiger partial charge in [0, 0.05) is 6.07 Å². The van der Waals surface area contributed by atoms with Crippen LogP contribution in [-0.4, -0.2) is 22.0 Å². The summed E-state index contributed by atoms with van der Waals surface area (Å²) in [6, 6.07) is 7.92. The highest BCUT2D eigenvalue weighted by Crippen LogP contribution is 2.08. The molecule has 0 radical (unpaired) electrons. The molecule has 1 amide bonds. The van der Waals surface area contributed by atoms with E-state index in [1.54, 1.807) is 0 Å². The van der Waals surface area contributed by atoms with Gasteiger partial charge < -0.3 is 0 Å². The number of rotatable bonds is 4. The first-order valence-electron chi connectivity index (χ1n) is 5.75. The number of amides is 1. The minimum atomic E-state index is -0.610. The van der Waals surface area contributed by atoms with Crippen LogP contribution in [0, 0.1) is 15.9 Å². The summed E-state index contributed by atoms with van der Waals surface area (Å²) in [4.78, 5) is 25.2. The van der Waals surface area contributed by atoms with E-state index in [1.165, 1.54) is 42.6 Å². The van der Waals surface area contributed by atoms with Crippen molar-refractivity contribution in [3.8, 4) is 0 Å². The quantitative estimate of drug-likeness (QED) is 0.527. The van der Waals surface area contributed by atoms with E-state index in [0.717, 1.165) is 6.20 Å². The van der Waals surface area contributed by atoms with Gasteiger partial charge in [-0.1, -0.05) is 12.1 Å². The van der Waals surface area contributed by atoms with E-state index in [0.29, 0.717) is 5.56 Å². The third kappa shape index (κ3) is 3.90. The molecule has 0 fully saturated rings. The Morgan fingerprint density at radius 2 is 2.00 bits per heavy atom. The van der Waals surface area contributed by atoms with Crippen molar-refractivity contribution in [3.63, 3.8) is 0 Å². The minimum absolute atomic E-state index is 0.00291. The highest BCUT2D eigenvalue weighted by Gasteiger charge is 2.10. The number of aromatic nitrogens is 1. The zero-order valence-corrected chi connectivity index (χ0v) is 10.6. The van der Waals surface area contributed by atoms with Crippen molar-refractivity contribution in [2.75, 3.05) is 0 Å². The summed E-state index contributed by atoms with van der Waals surface area (Å²) in [7, 11) is 0. The Labute approximate surface area is 118 Å². The molecule has 0 bridgehead atoms. The molecule has 0 unspecified atom stereocenters. The zero-order valence-electron chi connectivity index (χ0n) is 10.6. The van der Waals surface area contributed by atoms with E-state index >= 15 is 0 Å². The molecule has 0 aliphatic heterocycles. The molecule has 21 heavy (non-hydrogen) atoms. The number of hydrazone groups is 1. The predicted molar refractivity (Wildman–Crippen MR) is 72.4 cm³/mol. The number of nitro groups is 1. The Balaban J connectivity index is 1.98. The predicted octanol–water partition coefficient (Wildman–Crippen LogP) is 1.89. The number of hydrogen-bond acceptors (Lipinski definition) is 5. The second-order valence-corrected chi connectivity index (χ2v) is 3.91.